The lowest BCUT2D eigenvalue weighted by molar-refractivity contribution is 0.146. The average Bonchev–Trinajstić information content (AvgIpc) is 2.82. The third-order valence-electron chi connectivity index (χ3n) is 2.86. The molecular weight excluding hydrogens is 298 g/mol. The van der Waals surface area contributed by atoms with Crippen LogP contribution in [0.5, 0.6) is 0 Å². The molecule has 0 amide bonds. The minimum absolute atomic E-state index is 0.180. The molecule has 0 unspecified atom stereocenters. The highest BCUT2D eigenvalue weighted by Crippen LogP contribution is 2.30. The summed E-state index contributed by atoms with van der Waals surface area (Å²) in [7, 11) is 0. The van der Waals surface area contributed by atoms with Crippen LogP contribution in [0.15, 0.2) is 29.7 Å². The molecule has 0 bridgehead atoms. The number of fused-ring (bicyclic) bond motifs is 1. The first-order chi connectivity index (χ1) is 10.1. The number of hydrogen-bond acceptors (Lipinski definition) is 6. The predicted octanol–water partition coefficient (Wildman–Crippen LogP) is 2.43. The Balaban J connectivity index is 2.25. The summed E-state index contributed by atoms with van der Waals surface area (Å²) in [6.45, 7) is 0. The Bertz CT molecular complexity index is 804. The van der Waals surface area contributed by atoms with Gasteiger partial charge in [0.25, 0.3) is 6.43 Å². The van der Waals surface area contributed by atoms with Gasteiger partial charge in [0.1, 0.15) is 12.0 Å². The SMILES string of the molecule is CSc1cc(-c2c(N)nn3ccc(C(F)F)nc23)ncn1. The van der Waals surface area contributed by atoms with Crippen LogP contribution in [0, 0.1) is 0 Å². The molecule has 0 aromatic carbocycles. The third kappa shape index (κ3) is 2.40. The molecule has 0 radical (unpaired) electrons. The van der Waals surface area contributed by atoms with Crippen LogP contribution in [0.4, 0.5) is 14.6 Å². The Hall–Kier alpha value is -2.29. The normalized spacial score (nSPS) is 11.4. The summed E-state index contributed by atoms with van der Waals surface area (Å²) in [6, 6.07) is 2.93. The molecule has 9 heteroatoms. The second-order valence-electron chi connectivity index (χ2n) is 4.13. The molecule has 0 fully saturated rings. The van der Waals surface area contributed by atoms with Crippen molar-refractivity contribution in [2.24, 2.45) is 0 Å². The van der Waals surface area contributed by atoms with Gasteiger partial charge < -0.3 is 5.73 Å². The minimum Gasteiger partial charge on any atom is -0.382 e. The van der Waals surface area contributed by atoms with Crippen molar-refractivity contribution in [2.75, 3.05) is 12.0 Å². The average molecular weight is 308 g/mol. The fraction of sp³-hybridized carbons (Fsp3) is 0.167. The summed E-state index contributed by atoms with van der Waals surface area (Å²) in [5, 5.41) is 4.80. The lowest BCUT2D eigenvalue weighted by Crippen LogP contribution is -1.96. The molecule has 0 aliphatic heterocycles. The van der Waals surface area contributed by atoms with Crippen molar-refractivity contribution in [3.63, 3.8) is 0 Å². The van der Waals surface area contributed by atoms with Crippen LogP contribution < -0.4 is 5.73 Å². The number of rotatable bonds is 3. The summed E-state index contributed by atoms with van der Waals surface area (Å²) in [5.74, 6) is 0.180. The zero-order valence-corrected chi connectivity index (χ0v) is 11.7. The van der Waals surface area contributed by atoms with Gasteiger partial charge in [0.2, 0.25) is 0 Å². The van der Waals surface area contributed by atoms with E-state index < -0.39 is 6.43 Å². The third-order valence-corrected chi connectivity index (χ3v) is 3.51. The van der Waals surface area contributed by atoms with Crippen LogP contribution in [0.2, 0.25) is 0 Å². The van der Waals surface area contributed by atoms with Crippen LogP contribution in [-0.2, 0) is 0 Å². The van der Waals surface area contributed by atoms with Crippen molar-refractivity contribution in [1.29, 1.82) is 0 Å². The molecule has 2 N–H and O–H groups in total. The summed E-state index contributed by atoms with van der Waals surface area (Å²) < 4.78 is 27.0. The first kappa shape index (κ1) is 13.7. The van der Waals surface area contributed by atoms with Gasteiger partial charge in [0, 0.05) is 6.20 Å². The van der Waals surface area contributed by atoms with Gasteiger partial charge in [0.15, 0.2) is 11.5 Å². The molecular formula is C12H10F2N6S. The molecule has 6 nitrogen and oxygen atoms in total. The van der Waals surface area contributed by atoms with E-state index in [1.807, 2.05) is 6.26 Å². The lowest BCUT2D eigenvalue weighted by atomic mass is 10.2. The van der Waals surface area contributed by atoms with Gasteiger partial charge in [-0.25, -0.2) is 28.2 Å². The van der Waals surface area contributed by atoms with Gasteiger partial charge in [-0.05, 0) is 18.4 Å². The van der Waals surface area contributed by atoms with Crippen LogP contribution in [0.1, 0.15) is 12.1 Å². The van der Waals surface area contributed by atoms with Crippen molar-refractivity contribution in [2.45, 2.75) is 11.5 Å². The Labute approximate surface area is 122 Å². The van der Waals surface area contributed by atoms with Crippen LogP contribution in [0.25, 0.3) is 16.9 Å². The van der Waals surface area contributed by atoms with E-state index in [2.05, 4.69) is 20.1 Å². The van der Waals surface area contributed by atoms with Crippen molar-refractivity contribution >= 4 is 23.2 Å². The molecule has 0 saturated carbocycles. The number of halogens is 2. The van der Waals surface area contributed by atoms with Gasteiger partial charge in [-0.2, -0.15) is 0 Å². The molecule has 3 rings (SSSR count). The fourth-order valence-electron chi connectivity index (χ4n) is 1.92. The van der Waals surface area contributed by atoms with Crippen molar-refractivity contribution in [3.05, 3.63) is 30.4 Å². The van der Waals surface area contributed by atoms with E-state index in [0.29, 0.717) is 11.3 Å². The predicted molar refractivity (Wildman–Crippen MR) is 75.2 cm³/mol. The summed E-state index contributed by atoms with van der Waals surface area (Å²) in [5.41, 5.74) is 6.72. The number of thioether (sulfide) groups is 1. The molecule has 0 aliphatic carbocycles. The Morgan fingerprint density at radius 3 is 2.86 bits per heavy atom. The van der Waals surface area contributed by atoms with E-state index in [1.54, 1.807) is 6.07 Å². The topological polar surface area (TPSA) is 82.0 Å². The Morgan fingerprint density at radius 1 is 1.33 bits per heavy atom. The van der Waals surface area contributed by atoms with E-state index >= 15 is 0 Å². The second kappa shape index (κ2) is 5.24. The summed E-state index contributed by atoms with van der Waals surface area (Å²) in [6.07, 6.45) is 2.01. The number of hydrogen-bond donors (Lipinski definition) is 1. The smallest absolute Gasteiger partial charge is 0.280 e. The summed E-state index contributed by atoms with van der Waals surface area (Å²) >= 11 is 1.44. The quantitative estimate of drug-likeness (QED) is 0.591. The van der Waals surface area contributed by atoms with Gasteiger partial charge in [-0.3, -0.25) is 0 Å². The van der Waals surface area contributed by atoms with Crippen LogP contribution in [-0.4, -0.2) is 30.8 Å². The van der Waals surface area contributed by atoms with E-state index in [9.17, 15) is 8.78 Å². The maximum absolute atomic E-state index is 12.8. The monoisotopic (exact) mass is 308 g/mol. The molecule has 0 aliphatic rings. The van der Waals surface area contributed by atoms with Gasteiger partial charge in [-0.1, -0.05) is 0 Å². The molecule has 3 heterocycles. The van der Waals surface area contributed by atoms with Crippen molar-refractivity contribution in [3.8, 4) is 11.3 Å². The number of aromatic nitrogens is 5. The number of nitrogens with zero attached hydrogens (tertiary/aromatic N) is 5. The number of nitrogen functional groups attached to an aromatic ring is 1. The number of anilines is 1. The van der Waals surface area contributed by atoms with E-state index in [4.69, 9.17) is 5.73 Å². The molecule has 3 aromatic heterocycles. The molecule has 21 heavy (non-hydrogen) atoms. The first-order valence-electron chi connectivity index (χ1n) is 5.89. The minimum atomic E-state index is -2.66. The van der Waals surface area contributed by atoms with E-state index in [0.717, 1.165) is 5.03 Å². The first-order valence-corrected chi connectivity index (χ1v) is 7.12. The molecule has 3 aromatic rings. The lowest BCUT2D eigenvalue weighted by Gasteiger charge is -2.02. The standard InChI is InChI=1S/C12H10F2N6S/c1-21-8-4-7(16-5-17-8)9-11(15)19-20-3-2-6(10(13)14)18-12(9)20/h2-5,10H,1H3,(H2,15,19). The highest BCUT2D eigenvalue weighted by molar-refractivity contribution is 7.98. The fourth-order valence-corrected chi connectivity index (χ4v) is 2.30. The van der Waals surface area contributed by atoms with Crippen LogP contribution in [0.3, 0.4) is 0 Å². The Kier molecular flexibility index (Phi) is 3.42. The molecule has 0 spiro atoms. The van der Waals surface area contributed by atoms with E-state index in [1.165, 1.54) is 34.9 Å². The highest BCUT2D eigenvalue weighted by Gasteiger charge is 2.18. The van der Waals surface area contributed by atoms with Crippen LogP contribution >= 0.6 is 11.8 Å². The van der Waals surface area contributed by atoms with E-state index in [-0.39, 0.29) is 17.2 Å². The zero-order chi connectivity index (χ0) is 15.0. The number of alkyl halides is 2. The summed E-state index contributed by atoms with van der Waals surface area (Å²) in [4.78, 5) is 12.1. The Morgan fingerprint density at radius 2 is 2.14 bits per heavy atom. The molecule has 0 atom stereocenters. The van der Waals surface area contributed by atoms with Gasteiger partial charge >= 0.3 is 0 Å². The maximum Gasteiger partial charge on any atom is 0.280 e. The largest absolute Gasteiger partial charge is 0.382 e. The highest BCUT2D eigenvalue weighted by atomic mass is 32.2. The molecule has 108 valence electrons. The maximum atomic E-state index is 12.8. The second-order valence-corrected chi connectivity index (χ2v) is 4.95. The van der Waals surface area contributed by atoms with Gasteiger partial charge in [0.05, 0.1) is 16.3 Å². The van der Waals surface area contributed by atoms with Gasteiger partial charge in [-0.15, -0.1) is 16.9 Å². The number of nitrogens with two attached hydrogens (primary N) is 1. The van der Waals surface area contributed by atoms with Crippen molar-refractivity contribution < 1.29 is 8.78 Å². The zero-order valence-electron chi connectivity index (χ0n) is 10.9. The van der Waals surface area contributed by atoms with Crippen molar-refractivity contribution in [1.82, 2.24) is 24.6 Å². The molecule has 0 saturated heterocycles.